The molecule has 0 fully saturated rings. The number of carbonyl (C=O) groups is 1. The first-order valence-electron chi connectivity index (χ1n) is 8.49. The van der Waals surface area contributed by atoms with Crippen LogP contribution in [0.4, 0.5) is 0 Å². The summed E-state index contributed by atoms with van der Waals surface area (Å²) in [5, 5.41) is 6.83. The Morgan fingerprint density at radius 2 is 2.00 bits per heavy atom. The van der Waals surface area contributed by atoms with Crippen molar-refractivity contribution in [2.75, 3.05) is 13.2 Å². The highest BCUT2D eigenvalue weighted by molar-refractivity contribution is 5.91. The molecule has 0 aliphatic carbocycles. The number of hydrogen-bond acceptors (Lipinski definition) is 4. The molecule has 0 unspecified atom stereocenters. The van der Waals surface area contributed by atoms with E-state index in [4.69, 9.17) is 4.74 Å². The fraction of sp³-hybridized carbons (Fsp3) is 0.421. The summed E-state index contributed by atoms with van der Waals surface area (Å²) >= 11 is 0. The Morgan fingerprint density at radius 1 is 1.24 bits per heavy atom. The molecule has 6 heteroatoms. The number of carbonyl (C=O) groups excluding carboxylic acids is 1. The van der Waals surface area contributed by atoms with Crippen LogP contribution in [-0.2, 0) is 6.54 Å². The van der Waals surface area contributed by atoms with Gasteiger partial charge in [0.05, 0.1) is 6.61 Å². The third-order valence-corrected chi connectivity index (χ3v) is 4.03. The van der Waals surface area contributed by atoms with E-state index >= 15 is 0 Å². The Balaban J connectivity index is 1.82. The lowest BCUT2D eigenvalue weighted by Gasteiger charge is -2.12. The van der Waals surface area contributed by atoms with E-state index in [1.54, 1.807) is 0 Å². The summed E-state index contributed by atoms with van der Waals surface area (Å²) in [5.41, 5.74) is 3.55. The normalized spacial score (nSPS) is 10.6. The van der Waals surface area contributed by atoms with Crippen molar-refractivity contribution in [1.29, 1.82) is 0 Å². The van der Waals surface area contributed by atoms with E-state index < -0.39 is 0 Å². The Hall–Kier alpha value is -2.63. The smallest absolute Gasteiger partial charge is 0.271 e. The average molecular weight is 343 g/mol. The molecule has 0 aliphatic heterocycles. The van der Waals surface area contributed by atoms with Gasteiger partial charge in [-0.05, 0) is 62.9 Å². The van der Waals surface area contributed by atoms with Crippen LogP contribution >= 0.6 is 0 Å². The molecule has 134 valence electrons. The molecule has 0 bridgehead atoms. The van der Waals surface area contributed by atoms with E-state index in [9.17, 15) is 9.59 Å². The predicted octanol–water partition coefficient (Wildman–Crippen LogP) is 2.39. The number of benzene rings is 1. The van der Waals surface area contributed by atoms with Crippen molar-refractivity contribution in [3.8, 4) is 5.75 Å². The average Bonchev–Trinajstić information content (AvgIpc) is 2.58. The third kappa shape index (κ3) is 4.92. The van der Waals surface area contributed by atoms with Gasteiger partial charge in [0.1, 0.15) is 11.4 Å². The van der Waals surface area contributed by atoms with Gasteiger partial charge in [0.25, 0.3) is 11.5 Å². The van der Waals surface area contributed by atoms with Crippen molar-refractivity contribution in [3.05, 3.63) is 57.0 Å². The zero-order valence-corrected chi connectivity index (χ0v) is 15.3. The standard InChI is InChI=1S/C19H25N3O3/c1-5-22-18(23)8-7-16(21-22)19(24)20-9-6-10-25-17-12-13(2)11-14(3)15(17)4/h7-8,11-12H,5-6,9-10H2,1-4H3,(H,20,24). The van der Waals surface area contributed by atoms with Gasteiger partial charge in [-0.3, -0.25) is 9.59 Å². The van der Waals surface area contributed by atoms with Crippen LogP contribution in [0.1, 0.15) is 40.5 Å². The molecule has 2 rings (SSSR count). The van der Waals surface area contributed by atoms with Crippen molar-refractivity contribution in [2.45, 2.75) is 40.7 Å². The molecule has 0 saturated heterocycles. The molecule has 25 heavy (non-hydrogen) atoms. The maximum Gasteiger partial charge on any atom is 0.271 e. The summed E-state index contributed by atoms with van der Waals surface area (Å²) in [4.78, 5) is 23.6. The molecule has 1 heterocycles. The number of aryl methyl sites for hydroxylation is 3. The lowest BCUT2D eigenvalue weighted by atomic mass is 10.1. The van der Waals surface area contributed by atoms with Crippen LogP contribution in [0.15, 0.2) is 29.1 Å². The van der Waals surface area contributed by atoms with Crippen LogP contribution in [-0.4, -0.2) is 28.8 Å². The number of amides is 1. The van der Waals surface area contributed by atoms with Crippen LogP contribution < -0.4 is 15.6 Å². The van der Waals surface area contributed by atoms with Crippen LogP contribution in [0, 0.1) is 20.8 Å². The molecule has 0 atom stereocenters. The topological polar surface area (TPSA) is 73.2 Å². The fourth-order valence-electron chi connectivity index (χ4n) is 2.49. The molecule has 6 nitrogen and oxygen atoms in total. The number of nitrogens with one attached hydrogen (secondary N) is 1. The second kappa shape index (κ2) is 8.46. The van der Waals surface area contributed by atoms with E-state index in [0.29, 0.717) is 26.1 Å². The maximum absolute atomic E-state index is 12.1. The minimum absolute atomic E-state index is 0.212. The van der Waals surface area contributed by atoms with Crippen molar-refractivity contribution in [2.24, 2.45) is 0 Å². The van der Waals surface area contributed by atoms with Gasteiger partial charge >= 0.3 is 0 Å². The van der Waals surface area contributed by atoms with Crippen LogP contribution in [0.3, 0.4) is 0 Å². The van der Waals surface area contributed by atoms with Crippen molar-refractivity contribution in [1.82, 2.24) is 15.1 Å². The third-order valence-electron chi connectivity index (χ3n) is 4.03. The van der Waals surface area contributed by atoms with Gasteiger partial charge in [-0.25, -0.2) is 4.68 Å². The van der Waals surface area contributed by atoms with Crippen LogP contribution in [0.25, 0.3) is 0 Å². The largest absolute Gasteiger partial charge is 0.493 e. The van der Waals surface area contributed by atoms with Crippen LogP contribution in [0.2, 0.25) is 0 Å². The molecular weight excluding hydrogens is 318 g/mol. The summed E-state index contributed by atoms with van der Waals surface area (Å²) in [6, 6.07) is 6.96. The zero-order chi connectivity index (χ0) is 18.4. The summed E-state index contributed by atoms with van der Waals surface area (Å²) in [6.45, 7) is 9.40. The lowest BCUT2D eigenvalue weighted by molar-refractivity contribution is 0.0944. The zero-order valence-electron chi connectivity index (χ0n) is 15.3. The Kier molecular flexibility index (Phi) is 6.33. The summed E-state index contributed by atoms with van der Waals surface area (Å²) in [5.74, 6) is 0.602. The Labute approximate surface area is 147 Å². The Bertz CT molecular complexity index is 812. The molecule has 0 radical (unpaired) electrons. The fourth-order valence-corrected chi connectivity index (χ4v) is 2.49. The van der Waals surface area contributed by atoms with E-state index in [0.717, 1.165) is 11.3 Å². The quantitative estimate of drug-likeness (QED) is 0.784. The van der Waals surface area contributed by atoms with Crippen molar-refractivity contribution < 1.29 is 9.53 Å². The van der Waals surface area contributed by atoms with Gasteiger partial charge in [-0.2, -0.15) is 5.10 Å². The maximum atomic E-state index is 12.1. The van der Waals surface area contributed by atoms with E-state index in [2.05, 4.69) is 23.4 Å². The number of hydrogen-bond donors (Lipinski definition) is 1. The summed E-state index contributed by atoms with van der Waals surface area (Å²) in [7, 11) is 0. The van der Waals surface area contributed by atoms with Gasteiger partial charge in [0.2, 0.25) is 0 Å². The SMILES string of the molecule is CCn1nc(C(=O)NCCCOc2cc(C)cc(C)c2C)ccc1=O. The highest BCUT2D eigenvalue weighted by Gasteiger charge is 2.09. The molecule has 1 amide bonds. The van der Waals surface area contributed by atoms with Gasteiger partial charge in [0, 0.05) is 19.2 Å². The van der Waals surface area contributed by atoms with E-state index in [-0.39, 0.29) is 17.2 Å². The van der Waals surface area contributed by atoms with Crippen molar-refractivity contribution >= 4 is 5.91 Å². The molecular formula is C19H25N3O3. The van der Waals surface area contributed by atoms with Gasteiger partial charge in [-0.1, -0.05) is 6.07 Å². The molecule has 0 aliphatic rings. The van der Waals surface area contributed by atoms with E-state index in [1.807, 2.05) is 26.8 Å². The first kappa shape index (κ1) is 18.7. The highest BCUT2D eigenvalue weighted by atomic mass is 16.5. The molecule has 0 saturated carbocycles. The highest BCUT2D eigenvalue weighted by Crippen LogP contribution is 2.23. The monoisotopic (exact) mass is 343 g/mol. The predicted molar refractivity (Wildman–Crippen MR) is 97.3 cm³/mol. The second-order valence-corrected chi connectivity index (χ2v) is 6.04. The minimum Gasteiger partial charge on any atom is -0.493 e. The van der Waals surface area contributed by atoms with E-state index in [1.165, 1.54) is 27.9 Å². The summed E-state index contributed by atoms with van der Waals surface area (Å²) in [6.07, 6.45) is 0.686. The molecule has 1 aromatic heterocycles. The first-order chi connectivity index (χ1) is 11.9. The molecule has 1 N–H and O–H groups in total. The minimum atomic E-state index is -0.287. The second-order valence-electron chi connectivity index (χ2n) is 6.04. The number of ether oxygens (including phenoxy) is 1. The lowest BCUT2D eigenvalue weighted by Crippen LogP contribution is -2.30. The molecule has 0 spiro atoms. The van der Waals surface area contributed by atoms with Crippen molar-refractivity contribution in [3.63, 3.8) is 0 Å². The molecule has 1 aromatic carbocycles. The molecule has 2 aromatic rings. The van der Waals surface area contributed by atoms with Gasteiger partial charge in [0.15, 0.2) is 0 Å². The van der Waals surface area contributed by atoms with Gasteiger partial charge < -0.3 is 10.1 Å². The number of nitrogens with zero attached hydrogens (tertiary/aromatic N) is 2. The number of aromatic nitrogens is 2. The van der Waals surface area contributed by atoms with Gasteiger partial charge in [-0.15, -0.1) is 0 Å². The van der Waals surface area contributed by atoms with Crippen LogP contribution in [0.5, 0.6) is 5.75 Å². The first-order valence-corrected chi connectivity index (χ1v) is 8.49. The Morgan fingerprint density at radius 3 is 2.72 bits per heavy atom. The number of rotatable bonds is 7. The summed E-state index contributed by atoms with van der Waals surface area (Å²) < 4.78 is 7.09.